The summed E-state index contributed by atoms with van der Waals surface area (Å²) in [4.78, 5) is 23.6. The Morgan fingerprint density at radius 1 is 1.35 bits per heavy atom. The number of imidazole rings is 1. The summed E-state index contributed by atoms with van der Waals surface area (Å²) >= 11 is 0. The second-order valence-corrected chi connectivity index (χ2v) is 5.77. The molecule has 0 amide bonds. The molecule has 0 aliphatic rings. The third kappa shape index (κ3) is 2.70. The zero-order valence-electron chi connectivity index (χ0n) is 12.9. The topological polar surface area (TPSA) is 104 Å². The fourth-order valence-electron chi connectivity index (χ4n) is 2.60. The molecule has 0 radical (unpaired) electrons. The third-order valence-corrected chi connectivity index (χ3v) is 3.86. The SMILES string of the molecule is CC(C)[C@@H](CO)n1c(=O)[nH]c2ncc(-c3cccc(O)c3)nc21. The van der Waals surface area contributed by atoms with Crippen LogP contribution in [0.5, 0.6) is 5.75 Å². The molecule has 3 N–H and O–H groups in total. The lowest BCUT2D eigenvalue weighted by Crippen LogP contribution is -2.28. The first-order valence-corrected chi connectivity index (χ1v) is 7.38. The van der Waals surface area contributed by atoms with Crippen molar-refractivity contribution in [3.63, 3.8) is 0 Å². The van der Waals surface area contributed by atoms with Gasteiger partial charge >= 0.3 is 5.69 Å². The van der Waals surface area contributed by atoms with Crippen molar-refractivity contribution in [3.8, 4) is 17.0 Å². The molecule has 0 bridgehead atoms. The minimum atomic E-state index is -0.384. The molecule has 0 unspecified atom stereocenters. The van der Waals surface area contributed by atoms with Crippen molar-refractivity contribution in [2.75, 3.05) is 6.61 Å². The number of nitrogens with zero attached hydrogens (tertiary/aromatic N) is 3. The van der Waals surface area contributed by atoms with Crippen molar-refractivity contribution in [2.45, 2.75) is 19.9 Å². The number of nitrogens with one attached hydrogen (secondary N) is 1. The summed E-state index contributed by atoms with van der Waals surface area (Å²) in [7, 11) is 0. The van der Waals surface area contributed by atoms with Gasteiger partial charge < -0.3 is 10.2 Å². The Morgan fingerprint density at radius 3 is 2.78 bits per heavy atom. The van der Waals surface area contributed by atoms with E-state index in [0.29, 0.717) is 22.6 Å². The first-order chi connectivity index (χ1) is 11.0. The van der Waals surface area contributed by atoms with Gasteiger partial charge in [0.05, 0.1) is 24.5 Å². The summed E-state index contributed by atoms with van der Waals surface area (Å²) in [6.45, 7) is 3.69. The van der Waals surface area contributed by atoms with Crippen molar-refractivity contribution >= 4 is 11.3 Å². The van der Waals surface area contributed by atoms with Gasteiger partial charge in [-0.1, -0.05) is 26.0 Å². The van der Waals surface area contributed by atoms with Gasteiger partial charge in [-0.15, -0.1) is 0 Å². The summed E-state index contributed by atoms with van der Waals surface area (Å²) in [5, 5.41) is 19.2. The van der Waals surface area contributed by atoms with Crippen LogP contribution in [0.1, 0.15) is 19.9 Å². The largest absolute Gasteiger partial charge is 0.508 e. The maximum Gasteiger partial charge on any atom is 0.329 e. The van der Waals surface area contributed by atoms with Gasteiger partial charge in [0, 0.05) is 5.56 Å². The van der Waals surface area contributed by atoms with E-state index in [1.54, 1.807) is 30.5 Å². The fourth-order valence-corrected chi connectivity index (χ4v) is 2.60. The van der Waals surface area contributed by atoms with Gasteiger partial charge in [0.1, 0.15) is 5.75 Å². The molecule has 23 heavy (non-hydrogen) atoms. The van der Waals surface area contributed by atoms with E-state index in [4.69, 9.17) is 0 Å². The predicted molar refractivity (Wildman–Crippen MR) is 86.2 cm³/mol. The molecule has 120 valence electrons. The number of H-pyrrole nitrogens is 1. The van der Waals surface area contributed by atoms with E-state index in [0.717, 1.165) is 0 Å². The van der Waals surface area contributed by atoms with E-state index >= 15 is 0 Å². The number of fused-ring (bicyclic) bond motifs is 1. The highest BCUT2D eigenvalue weighted by atomic mass is 16.3. The highest BCUT2D eigenvalue weighted by Gasteiger charge is 2.21. The lowest BCUT2D eigenvalue weighted by Gasteiger charge is -2.19. The zero-order chi connectivity index (χ0) is 16.6. The van der Waals surface area contributed by atoms with E-state index in [2.05, 4.69) is 15.0 Å². The average molecular weight is 314 g/mol. The highest BCUT2D eigenvalue weighted by Crippen LogP contribution is 2.24. The van der Waals surface area contributed by atoms with E-state index in [1.165, 1.54) is 4.57 Å². The van der Waals surface area contributed by atoms with E-state index in [-0.39, 0.29) is 30.0 Å². The van der Waals surface area contributed by atoms with Gasteiger partial charge in [0.2, 0.25) is 0 Å². The molecule has 2 heterocycles. The number of phenols is 1. The second-order valence-electron chi connectivity index (χ2n) is 5.77. The number of hydrogen-bond acceptors (Lipinski definition) is 5. The van der Waals surface area contributed by atoms with Crippen molar-refractivity contribution in [1.82, 2.24) is 19.5 Å². The monoisotopic (exact) mass is 314 g/mol. The molecule has 0 saturated heterocycles. The van der Waals surface area contributed by atoms with Crippen LogP contribution in [-0.2, 0) is 0 Å². The lowest BCUT2D eigenvalue weighted by atomic mass is 10.1. The number of rotatable bonds is 4. The molecular weight excluding hydrogens is 296 g/mol. The second kappa shape index (κ2) is 5.85. The Hall–Kier alpha value is -2.67. The summed E-state index contributed by atoms with van der Waals surface area (Å²) in [5.41, 5.74) is 1.66. The normalized spacial score (nSPS) is 12.9. The van der Waals surface area contributed by atoms with Crippen LogP contribution in [0.4, 0.5) is 0 Å². The first-order valence-electron chi connectivity index (χ1n) is 7.38. The molecule has 0 saturated carbocycles. The zero-order valence-corrected chi connectivity index (χ0v) is 12.9. The quantitative estimate of drug-likeness (QED) is 0.679. The maximum absolute atomic E-state index is 12.2. The molecule has 0 aliphatic heterocycles. The Bertz CT molecular complexity index is 898. The minimum Gasteiger partial charge on any atom is -0.508 e. The lowest BCUT2D eigenvalue weighted by molar-refractivity contribution is 0.193. The Morgan fingerprint density at radius 2 is 2.13 bits per heavy atom. The molecule has 7 heteroatoms. The van der Waals surface area contributed by atoms with Crippen LogP contribution >= 0.6 is 0 Å². The van der Waals surface area contributed by atoms with Gasteiger partial charge in [-0.3, -0.25) is 9.55 Å². The van der Waals surface area contributed by atoms with Crippen LogP contribution in [-0.4, -0.2) is 36.3 Å². The van der Waals surface area contributed by atoms with Crippen LogP contribution in [0.15, 0.2) is 35.3 Å². The van der Waals surface area contributed by atoms with Crippen LogP contribution < -0.4 is 5.69 Å². The van der Waals surface area contributed by atoms with E-state index < -0.39 is 0 Å². The first kappa shape index (κ1) is 15.2. The van der Waals surface area contributed by atoms with Gasteiger partial charge in [0.15, 0.2) is 11.3 Å². The number of aliphatic hydroxyl groups is 1. The number of aromatic hydroxyl groups is 1. The van der Waals surface area contributed by atoms with Crippen molar-refractivity contribution < 1.29 is 10.2 Å². The van der Waals surface area contributed by atoms with Crippen LogP contribution in [0.2, 0.25) is 0 Å². The molecule has 1 aromatic carbocycles. The molecule has 3 rings (SSSR count). The summed E-state index contributed by atoms with van der Waals surface area (Å²) in [5.74, 6) is 0.189. The molecule has 2 aromatic heterocycles. The van der Waals surface area contributed by atoms with Gasteiger partial charge in [-0.05, 0) is 18.1 Å². The van der Waals surface area contributed by atoms with Crippen molar-refractivity contribution in [2.24, 2.45) is 5.92 Å². The highest BCUT2D eigenvalue weighted by molar-refractivity contribution is 5.71. The number of aliphatic hydroxyl groups excluding tert-OH is 1. The summed E-state index contributed by atoms with van der Waals surface area (Å²) in [6, 6.07) is 6.28. The van der Waals surface area contributed by atoms with Crippen LogP contribution in [0, 0.1) is 5.92 Å². The summed E-state index contributed by atoms with van der Waals surface area (Å²) < 4.78 is 1.44. The number of aromatic amines is 1. The Labute approximate surface area is 132 Å². The number of aromatic nitrogens is 4. The van der Waals surface area contributed by atoms with Gasteiger partial charge in [-0.25, -0.2) is 14.8 Å². The molecule has 7 nitrogen and oxygen atoms in total. The van der Waals surface area contributed by atoms with Crippen molar-refractivity contribution in [3.05, 3.63) is 40.9 Å². The molecule has 1 atom stereocenters. The minimum absolute atomic E-state index is 0.0583. The Balaban J connectivity index is 2.21. The molecule has 3 aromatic rings. The molecular formula is C16H18N4O3. The van der Waals surface area contributed by atoms with E-state index in [1.807, 2.05) is 13.8 Å². The number of phenolic OH excluding ortho intramolecular Hbond substituents is 1. The Kier molecular flexibility index (Phi) is 3.87. The van der Waals surface area contributed by atoms with Crippen LogP contribution in [0.3, 0.4) is 0 Å². The van der Waals surface area contributed by atoms with Crippen molar-refractivity contribution in [1.29, 1.82) is 0 Å². The number of hydrogen-bond donors (Lipinski definition) is 3. The van der Waals surface area contributed by atoms with Crippen LogP contribution in [0.25, 0.3) is 22.6 Å². The molecule has 0 aliphatic carbocycles. The average Bonchev–Trinajstić information content (AvgIpc) is 2.83. The maximum atomic E-state index is 12.2. The van der Waals surface area contributed by atoms with Gasteiger partial charge in [-0.2, -0.15) is 0 Å². The fraction of sp³-hybridized carbons (Fsp3) is 0.312. The van der Waals surface area contributed by atoms with E-state index in [9.17, 15) is 15.0 Å². The predicted octanol–water partition coefficient (Wildman–Crippen LogP) is 1.68. The smallest absolute Gasteiger partial charge is 0.329 e. The molecule has 0 fully saturated rings. The molecule has 0 spiro atoms. The summed E-state index contributed by atoms with van der Waals surface area (Å²) in [6.07, 6.45) is 1.54. The van der Waals surface area contributed by atoms with Gasteiger partial charge in [0.25, 0.3) is 0 Å². The number of benzene rings is 1. The third-order valence-electron chi connectivity index (χ3n) is 3.86. The standard InChI is InChI=1S/C16H18N4O3/c1-9(2)13(8-21)20-15-14(19-16(20)23)17-7-12(18-15)10-4-3-5-11(22)6-10/h3-7,9,13,21-22H,8H2,1-2H3,(H,17,19,23)/t13-/m1/s1.